The summed E-state index contributed by atoms with van der Waals surface area (Å²) in [6.45, 7) is 9.86. The van der Waals surface area contributed by atoms with E-state index in [1.807, 2.05) is 0 Å². The van der Waals surface area contributed by atoms with Crippen molar-refractivity contribution in [2.45, 2.75) is 39.7 Å². The molecule has 1 aromatic rings. The van der Waals surface area contributed by atoms with Crippen molar-refractivity contribution in [3.05, 3.63) is 28.8 Å². The Balaban J connectivity index is 2.11. The maximum atomic E-state index is 6.44. The van der Waals surface area contributed by atoms with Crippen LogP contribution in [0.25, 0.3) is 0 Å². The van der Waals surface area contributed by atoms with Gasteiger partial charge in [-0.15, -0.1) is 0 Å². The lowest BCUT2D eigenvalue weighted by molar-refractivity contribution is 0.569. The van der Waals surface area contributed by atoms with E-state index in [0.29, 0.717) is 6.04 Å². The van der Waals surface area contributed by atoms with Gasteiger partial charge in [0.05, 0.1) is 0 Å². The number of nitrogens with zero attached hydrogens (tertiary/aromatic N) is 1. The van der Waals surface area contributed by atoms with Crippen molar-refractivity contribution in [1.29, 1.82) is 0 Å². The molecule has 1 N–H and O–H groups in total. The zero-order chi connectivity index (χ0) is 13.8. The van der Waals surface area contributed by atoms with Crippen molar-refractivity contribution in [1.82, 2.24) is 5.32 Å². The molecule has 0 aliphatic carbocycles. The van der Waals surface area contributed by atoms with Crippen LogP contribution in [0.1, 0.15) is 45.2 Å². The standard InChI is InChI=1S/C16H25ClN2/c1-4-13-8-9-19(11-13)14-6-7-15(16(17)10-14)12(3)18-5-2/h6-7,10,12-13,18H,4-5,8-9,11H2,1-3H3. The minimum Gasteiger partial charge on any atom is -0.371 e. The molecule has 0 spiro atoms. The zero-order valence-corrected chi connectivity index (χ0v) is 13.0. The lowest BCUT2D eigenvalue weighted by Crippen LogP contribution is -2.20. The third-order valence-corrected chi connectivity index (χ3v) is 4.52. The monoisotopic (exact) mass is 280 g/mol. The minimum absolute atomic E-state index is 0.313. The number of rotatable bonds is 5. The van der Waals surface area contributed by atoms with Gasteiger partial charge in [-0.05, 0) is 43.5 Å². The average Bonchev–Trinajstić information content (AvgIpc) is 2.87. The van der Waals surface area contributed by atoms with Gasteiger partial charge in [-0.3, -0.25) is 0 Å². The highest BCUT2D eigenvalue weighted by Gasteiger charge is 2.21. The number of hydrogen-bond donors (Lipinski definition) is 1. The number of hydrogen-bond acceptors (Lipinski definition) is 2. The molecule has 1 fully saturated rings. The SMILES string of the molecule is CCNC(C)c1ccc(N2CCC(CC)C2)cc1Cl. The molecular formula is C16H25ClN2. The van der Waals surface area contributed by atoms with E-state index in [-0.39, 0.29) is 0 Å². The Morgan fingerprint density at radius 1 is 1.42 bits per heavy atom. The van der Waals surface area contributed by atoms with Crippen LogP contribution in [0.4, 0.5) is 5.69 Å². The summed E-state index contributed by atoms with van der Waals surface area (Å²) < 4.78 is 0. The molecular weight excluding hydrogens is 256 g/mol. The molecule has 0 radical (unpaired) electrons. The summed E-state index contributed by atoms with van der Waals surface area (Å²) in [5.74, 6) is 0.846. The zero-order valence-electron chi connectivity index (χ0n) is 12.2. The van der Waals surface area contributed by atoms with E-state index in [1.54, 1.807) is 0 Å². The third kappa shape index (κ3) is 3.43. The maximum absolute atomic E-state index is 6.44. The molecule has 0 amide bonds. The lowest BCUT2D eigenvalue weighted by Gasteiger charge is -2.21. The normalized spacial score (nSPS) is 20.8. The molecule has 3 heteroatoms. The molecule has 0 aromatic heterocycles. The summed E-state index contributed by atoms with van der Waals surface area (Å²) in [7, 11) is 0. The topological polar surface area (TPSA) is 15.3 Å². The van der Waals surface area contributed by atoms with E-state index in [1.165, 1.54) is 30.6 Å². The Hall–Kier alpha value is -0.730. The van der Waals surface area contributed by atoms with Gasteiger partial charge in [0.25, 0.3) is 0 Å². The van der Waals surface area contributed by atoms with Crippen LogP contribution in [0.15, 0.2) is 18.2 Å². The summed E-state index contributed by atoms with van der Waals surface area (Å²) in [6.07, 6.45) is 2.59. The Morgan fingerprint density at radius 3 is 2.79 bits per heavy atom. The lowest BCUT2D eigenvalue weighted by atomic mass is 10.1. The van der Waals surface area contributed by atoms with Crippen LogP contribution in [-0.2, 0) is 0 Å². The van der Waals surface area contributed by atoms with Crippen LogP contribution in [0, 0.1) is 5.92 Å². The fourth-order valence-electron chi connectivity index (χ4n) is 2.88. The molecule has 1 heterocycles. The summed E-state index contributed by atoms with van der Waals surface area (Å²) >= 11 is 6.44. The predicted molar refractivity (Wildman–Crippen MR) is 84.2 cm³/mol. The van der Waals surface area contributed by atoms with E-state index >= 15 is 0 Å². The van der Waals surface area contributed by atoms with Crippen LogP contribution in [-0.4, -0.2) is 19.6 Å². The van der Waals surface area contributed by atoms with Crippen molar-refractivity contribution in [3.63, 3.8) is 0 Å². The largest absolute Gasteiger partial charge is 0.371 e. The highest BCUT2D eigenvalue weighted by molar-refractivity contribution is 6.31. The van der Waals surface area contributed by atoms with Crippen molar-refractivity contribution in [3.8, 4) is 0 Å². The maximum Gasteiger partial charge on any atom is 0.0474 e. The van der Waals surface area contributed by atoms with E-state index in [9.17, 15) is 0 Å². The van der Waals surface area contributed by atoms with Crippen LogP contribution in [0.2, 0.25) is 5.02 Å². The fourth-order valence-corrected chi connectivity index (χ4v) is 3.22. The van der Waals surface area contributed by atoms with Crippen LogP contribution >= 0.6 is 11.6 Å². The number of anilines is 1. The smallest absolute Gasteiger partial charge is 0.0474 e. The van der Waals surface area contributed by atoms with Gasteiger partial charge in [0, 0.05) is 29.8 Å². The molecule has 2 rings (SSSR count). The van der Waals surface area contributed by atoms with Gasteiger partial charge in [-0.25, -0.2) is 0 Å². The van der Waals surface area contributed by atoms with Crippen molar-refractivity contribution in [2.24, 2.45) is 5.92 Å². The van der Waals surface area contributed by atoms with Crippen LogP contribution < -0.4 is 10.2 Å². The van der Waals surface area contributed by atoms with Gasteiger partial charge < -0.3 is 10.2 Å². The Morgan fingerprint density at radius 2 is 2.21 bits per heavy atom. The average molecular weight is 281 g/mol. The molecule has 0 bridgehead atoms. The van der Waals surface area contributed by atoms with Gasteiger partial charge in [0.2, 0.25) is 0 Å². The van der Waals surface area contributed by atoms with Crippen LogP contribution in [0.3, 0.4) is 0 Å². The summed E-state index contributed by atoms with van der Waals surface area (Å²) in [5.41, 5.74) is 2.46. The Bertz CT molecular complexity index is 419. The second kappa shape index (κ2) is 6.62. The molecule has 1 saturated heterocycles. The van der Waals surface area contributed by atoms with Gasteiger partial charge in [-0.2, -0.15) is 0 Å². The number of nitrogens with one attached hydrogen (secondary N) is 1. The summed E-state index contributed by atoms with van der Waals surface area (Å²) in [6, 6.07) is 6.83. The second-order valence-corrected chi connectivity index (χ2v) is 5.90. The van der Waals surface area contributed by atoms with Gasteiger partial charge in [0.15, 0.2) is 0 Å². The van der Waals surface area contributed by atoms with Gasteiger partial charge >= 0.3 is 0 Å². The van der Waals surface area contributed by atoms with Crippen LogP contribution in [0.5, 0.6) is 0 Å². The van der Waals surface area contributed by atoms with Gasteiger partial charge in [0.1, 0.15) is 0 Å². The predicted octanol–water partition coefficient (Wildman–Crippen LogP) is 4.25. The minimum atomic E-state index is 0.313. The molecule has 1 aliphatic heterocycles. The first kappa shape index (κ1) is 14.7. The van der Waals surface area contributed by atoms with Crippen molar-refractivity contribution in [2.75, 3.05) is 24.5 Å². The van der Waals surface area contributed by atoms with Crippen molar-refractivity contribution >= 4 is 17.3 Å². The molecule has 2 unspecified atom stereocenters. The number of halogens is 1. The number of benzene rings is 1. The molecule has 106 valence electrons. The molecule has 2 atom stereocenters. The molecule has 1 aliphatic rings. The molecule has 19 heavy (non-hydrogen) atoms. The Labute approximate surface area is 122 Å². The first-order chi connectivity index (χ1) is 9.15. The van der Waals surface area contributed by atoms with Crippen molar-refractivity contribution < 1.29 is 0 Å². The Kier molecular flexibility index (Phi) is 5.12. The molecule has 1 aromatic carbocycles. The van der Waals surface area contributed by atoms with E-state index < -0.39 is 0 Å². The van der Waals surface area contributed by atoms with Gasteiger partial charge in [-0.1, -0.05) is 37.9 Å². The van der Waals surface area contributed by atoms with E-state index in [0.717, 1.165) is 24.0 Å². The fraction of sp³-hybridized carbons (Fsp3) is 0.625. The first-order valence-electron chi connectivity index (χ1n) is 7.43. The third-order valence-electron chi connectivity index (χ3n) is 4.19. The van der Waals surface area contributed by atoms with E-state index in [2.05, 4.69) is 49.2 Å². The van der Waals surface area contributed by atoms with E-state index in [4.69, 9.17) is 11.6 Å². The summed E-state index contributed by atoms with van der Waals surface area (Å²) in [4.78, 5) is 2.46. The summed E-state index contributed by atoms with van der Waals surface area (Å²) in [5, 5.41) is 4.29. The highest BCUT2D eigenvalue weighted by atomic mass is 35.5. The molecule has 0 saturated carbocycles. The second-order valence-electron chi connectivity index (χ2n) is 5.49. The first-order valence-corrected chi connectivity index (χ1v) is 7.81. The quantitative estimate of drug-likeness (QED) is 0.867. The molecule has 2 nitrogen and oxygen atoms in total. The highest BCUT2D eigenvalue weighted by Crippen LogP contribution is 2.31.